The van der Waals surface area contributed by atoms with E-state index in [4.69, 9.17) is 9.47 Å². The van der Waals surface area contributed by atoms with E-state index in [0.717, 1.165) is 40.9 Å². The summed E-state index contributed by atoms with van der Waals surface area (Å²) in [6, 6.07) is 5.98. The van der Waals surface area contributed by atoms with E-state index in [1.807, 2.05) is 25.1 Å². The van der Waals surface area contributed by atoms with E-state index in [2.05, 4.69) is 14.7 Å². The summed E-state index contributed by atoms with van der Waals surface area (Å²) in [5, 5.41) is 4.14. The van der Waals surface area contributed by atoms with Crippen LogP contribution in [0, 0.1) is 6.92 Å². The summed E-state index contributed by atoms with van der Waals surface area (Å²) in [4.78, 5) is 4.32. The maximum Gasteiger partial charge on any atom is 0.202 e. The van der Waals surface area contributed by atoms with Gasteiger partial charge in [-0.15, -0.1) is 0 Å². The average Bonchev–Trinajstić information content (AvgIpc) is 3.17. The van der Waals surface area contributed by atoms with Crippen LogP contribution >= 0.6 is 11.5 Å². The molecule has 118 valence electrons. The molecule has 5 nitrogen and oxygen atoms in total. The van der Waals surface area contributed by atoms with Gasteiger partial charge < -0.3 is 14.8 Å². The van der Waals surface area contributed by atoms with Gasteiger partial charge in [0, 0.05) is 29.7 Å². The number of rotatable bonds is 6. The molecular weight excluding hydrogens is 298 g/mol. The summed E-state index contributed by atoms with van der Waals surface area (Å²) in [5.41, 5.74) is 1.11. The van der Waals surface area contributed by atoms with Gasteiger partial charge in [-0.2, -0.15) is 4.37 Å². The predicted octanol–water partition coefficient (Wildman–Crippen LogP) is 3.79. The van der Waals surface area contributed by atoms with Crippen molar-refractivity contribution in [3.8, 4) is 11.5 Å². The molecule has 0 atom stereocenters. The van der Waals surface area contributed by atoms with Gasteiger partial charge in [-0.25, -0.2) is 4.98 Å². The maximum absolute atomic E-state index is 6.19. The first-order chi connectivity index (χ1) is 10.7. The molecule has 3 rings (SSSR count). The van der Waals surface area contributed by atoms with E-state index in [1.54, 1.807) is 7.11 Å². The Balaban J connectivity index is 1.73. The molecule has 0 spiro atoms. The number of hydrogen-bond donors (Lipinski definition) is 1. The van der Waals surface area contributed by atoms with E-state index in [1.165, 1.54) is 24.4 Å². The van der Waals surface area contributed by atoms with Crippen molar-refractivity contribution in [2.24, 2.45) is 0 Å². The number of hydrogen-bond acceptors (Lipinski definition) is 6. The van der Waals surface area contributed by atoms with Crippen molar-refractivity contribution in [3.63, 3.8) is 0 Å². The number of aromatic nitrogens is 2. The fourth-order valence-corrected chi connectivity index (χ4v) is 3.21. The normalized spacial score (nSPS) is 15.0. The fraction of sp³-hybridized carbons (Fsp3) is 0.500. The standard InChI is InChI=1S/C16H21N3O2S/c1-11-18-16(22-19-11)17-10-12-7-8-14(20-2)9-15(12)21-13-5-3-4-6-13/h7-9,13H,3-6,10H2,1-2H3,(H,17,18,19). The summed E-state index contributed by atoms with van der Waals surface area (Å²) in [6.07, 6.45) is 5.12. The van der Waals surface area contributed by atoms with Crippen molar-refractivity contribution in [2.75, 3.05) is 12.4 Å². The number of methoxy groups -OCH3 is 1. The molecule has 0 amide bonds. The number of ether oxygens (including phenoxy) is 2. The molecule has 1 aromatic carbocycles. The Hall–Kier alpha value is -1.82. The molecule has 1 fully saturated rings. The lowest BCUT2D eigenvalue weighted by molar-refractivity contribution is 0.207. The molecule has 0 bridgehead atoms. The van der Waals surface area contributed by atoms with Crippen LogP contribution in [0.3, 0.4) is 0 Å². The van der Waals surface area contributed by atoms with Crippen LogP contribution in [-0.2, 0) is 6.54 Å². The molecule has 1 aliphatic rings. The molecule has 6 heteroatoms. The van der Waals surface area contributed by atoms with E-state index >= 15 is 0 Å². The first kappa shape index (κ1) is 15.1. The third-order valence-electron chi connectivity index (χ3n) is 3.83. The average molecular weight is 319 g/mol. The van der Waals surface area contributed by atoms with Gasteiger partial charge in [0.25, 0.3) is 0 Å². The summed E-state index contributed by atoms with van der Waals surface area (Å²) < 4.78 is 15.7. The minimum Gasteiger partial charge on any atom is -0.497 e. The summed E-state index contributed by atoms with van der Waals surface area (Å²) in [5.74, 6) is 2.52. The van der Waals surface area contributed by atoms with Crippen molar-refractivity contribution in [1.82, 2.24) is 9.36 Å². The zero-order chi connectivity index (χ0) is 15.4. The number of aryl methyl sites for hydroxylation is 1. The van der Waals surface area contributed by atoms with Crippen molar-refractivity contribution < 1.29 is 9.47 Å². The maximum atomic E-state index is 6.19. The Morgan fingerprint density at radius 2 is 2.14 bits per heavy atom. The third-order valence-corrected chi connectivity index (χ3v) is 4.59. The second-order valence-corrected chi connectivity index (χ2v) is 6.25. The van der Waals surface area contributed by atoms with Crippen LogP contribution in [0.4, 0.5) is 5.13 Å². The molecular formula is C16H21N3O2S. The summed E-state index contributed by atoms with van der Waals surface area (Å²) in [7, 11) is 1.68. The van der Waals surface area contributed by atoms with Gasteiger partial charge >= 0.3 is 0 Å². The molecule has 0 aliphatic heterocycles. The molecule has 0 saturated heterocycles. The van der Waals surface area contributed by atoms with Gasteiger partial charge in [0.15, 0.2) is 0 Å². The van der Waals surface area contributed by atoms with Crippen LogP contribution in [0.1, 0.15) is 37.1 Å². The Morgan fingerprint density at radius 1 is 1.32 bits per heavy atom. The molecule has 0 unspecified atom stereocenters. The van der Waals surface area contributed by atoms with Crippen LogP contribution in [0.15, 0.2) is 18.2 Å². The highest BCUT2D eigenvalue weighted by molar-refractivity contribution is 7.09. The minimum atomic E-state index is 0.328. The molecule has 1 N–H and O–H groups in total. The van der Waals surface area contributed by atoms with Crippen LogP contribution in [0.5, 0.6) is 11.5 Å². The Morgan fingerprint density at radius 3 is 2.82 bits per heavy atom. The van der Waals surface area contributed by atoms with E-state index < -0.39 is 0 Å². The number of nitrogens with zero attached hydrogens (tertiary/aromatic N) is 2. The first-order valence-corrected chi connectivity index (χ1v) is 8.39. The number of nitrogens with one attached hydrogen (secondary N) is 1. The number of benzene rings is 1. The van der Waals surface area contributed by atoms with Gasteiger partial charge in [0.1, 0.15) is 17.3 Å². The molecule has 1 saturated carbocycles. The van der Waals surface area contributed by atoms with E-state index in [0.29, 0.717) is 12.6 Å². The molecule has 2 aromatic rings. The van der Waals surface area contributed by atoms with Crippen LogP contribution in [-0.4, -0.2) is 22.6 Å². The summed E-state index contributed by atoms with van der Waals surface area (Å²) in [6.45, 7) is 2.56. The highest BCUT2D eigenvalue weighted by atomic mass is 32.1. The van der Waals surface area contributed by atoms with Crippen LogP contribution in [0.25, 0.3) is 0 Å². The fourth-order valence-electron chi connectivity index (χ4n) is 2.64. The van der Waals surface area contributed by atoms with Gasteiger partial charge in [-0.1, -0.05) is 0 Å². The van der Waals surface area contributed by atoms with Gasteiger partial charge in [-0.3, -0.25) is 0 Å². The van der Waals surface area contributed by atoms with Crippen molar-refractivity contribution >= 4 is 16.7 Å². The smallest absolute Gasteiger partial charge is 0.202 e. The first-order valence-electron chi connectivity index (χ1n) is 7.62. The Labute approximate surface area is 134 Å². The summed E-state index contributed by atoms with van der Waals surface area (Å²) >= 11 is 1.38. The quantitative estimate of drug-likeness (QED) is 0.878. The lowest BCUT2D eigenvalue weighted by Crippen LogP contribution is -2.13. The van der Waals surface area contributed by atoms with Gasteiger partial charge in [0.05, 0.1) is 13.2 Å². The Kier molecular flexibility index (Phi) is 4.77. The SMILES string of the molecule is COc1ccc(CNc2nc(C)ns2)c(OC2CCCC2)c1. The van der Waals surface area contributed by atoms with E-state index in [9.17, 15) is 0 Å². The lowest BCUT2D eigenvalue weighted by atomic mass is 10.2. The van der Waals surface area contributed by atoms with Gasteiger partial charge in [0.2, 0.25) is 5.13 Å². The van der Waals surface area contributed by atoms with Crippen molar-refractivity contribution in [1.29, 1.82) is 0 Å². The van der Waals surface area contributed by atoms with Crippen molar-refractivity contribution in [2.45, 2.75) is 45.3 Å². The van der Waals surface area contributed by atoms with E-state index in [-0.39, 0.29) is 0 Å². The third kappa shape index (κ3) is 3.68. The van der Waals surface area contributed by atoms with Gasteiger partial charge in [-0.05, 0) is 44.7 Å². The minimum absolute atomic E-state index is 0.328. The lowest BCUT2D eigenvalue weighted by Gasteiger charge is -2.17. The monoisotopic (exact) mass is 319 g/mol. The number of anilines is 1. The Bertz CT molecular complexity index is 624. The van der Waals surface area contributed by atoms with Crippen LogP contribution in [0.2, 0.25) is 0 Å². The highest BCUT2D eigenvalue weighted by Gasteiger charge is 2.18. The molecule has 0 radical (unpaired) electrons. The molecule has 1 aliphatic carbocycles. The highest BCUT2D eigenvalue weighted by Crippen LogP contribution is 2.30. The molecule has 22 heavy (non-hydrogen) atoms. The second kappa shape index (κ2) is 6.96. The predicted molar refractivity (Wildman–Crippen MR) is 87.9 cm³/mol. The topological polar surface area (TPSA) is 56.3 Å². The second-order valence-electron chi connectivity index (χ2n) is 5.50. The largest absolute Gasteiger partial charge is 0.497 e. The zero-order valence-corrected chi connectivity index (χ0v) is 13.8. The zero-order valence-electron chi connectivity index (χ0n) is 13.0. The van der Waals surface area contributed by atoms with Crippen molar-refractivity contribution in [3.05, 3.63) is 29.6 Å². The molecule has 1 aromatic heterocycles. The molecule has 1 heterocycles. The van der Waals surface area contributed by atoms with Crippen LogP contribution < -0.4 is 14.8 Å².